The number of rotatable bonds is 5. The summed E-state index contributed by atoms with van der Waals surface area (Å²) in [4.78, 5) is 0. The predicted octanol–water partition coefficient (Wildman–Crippen LogP) is 4.80. The van der Waals surface area contributed by atoms with Gasteiger partial charge in [-0.2, -0.15) is 0 Å². The Bertz CT molecular complexity index is 336. The average molecular weight is 247 g/mol. The second-order valence-corrected chi connectivity index (χ2v) is 6.55. The molecule has 0 radical (unpaired) electrons. The zero-order chi connectivity index (χ0) is 13.8. The molecule has 1 nitrogen and oxygen atoms in total. The van der Waals surface area contributed by atoms with Crippen LogP contribution in [0.3, 0.4) is 0 Å². The van der Waals surface area contributed by atoms with Crippen LogP contribution in [0.4, 0.5) is 0 Å². The van der Waals surface area contributed by atoms with Crippen molar-refractivity contribution in [1.29, 1.82) is 0 Å². The number of nitrogens with one attached hydrogen (secondary N) is 1. The minimum atomic E-state index is 0.225. The van der Waals surface area contributed by atoms with Crippen molar-refractivity contribution in [3.8, 4) is 0 Å². The van der Waals surface area contributed by atoms with Crippen LogP contribution in [-0.4, -0.2) is 6.04 Å². The second-order valence-electron chi connectivity index (χ2n) is 6.55. The molecule has 3 atom stereocenters. The monoisotopic (exact) mass is 247 g/mol. The lowest BCUT2D eigenvalue weighted by molar-refractivity contribution is 0.228. The van der Waals surface area contributed by atoms with E-state index in [0.29, 0.717) is 18.0 Å². The normalized spacial score (nSPS) is 17.2. The average Bonchev–Trinajstić information content (AvgIpc) is 2.34. The molecule has 0 fully saturated rings. The Morgan fingerprint density at radius 3 is 2.06 bits per heavy atom. The van der Waals surface area contributed by atoms with Gasteiger partial charge in [0.05, 0.1) is 0 Å². The Balaban J connectivity index is 2.88. The highest BCUT2D eigenvalue weighted by atomic mass is 15.0. The SMILES string of the molecule is CCC(C)C(C)NC(c1ccccc1)C(C)(C)C. The lowest BCUT2D eigenvalue weighted by Crippen LogP contribution is -2.40. The third-order valence-corrected chi connectivity index (χ3v) is 3.93. The van der Waals surface area contributed by atoms with Crippen LogP contribution in [-0.2, 0) is 0 Å². The van der Waals surface area contributed by atoms with Crippen LogP contribution >= 0.6 is 0 Å². The highest BCUT2D eigenvalue weighted by molar-refractivity contribution is 5.21. The van der Waals surface area contributed by atoms with Gasteiger partial charge in [0.25, 0.3) is 0 Å². The molecule has 1 aromatic carbocycles. The molecule has 1 aromatic rings. The summed E-state index contributed by atoms with van der Waals surface area (Å²) in [5.41, 5.74) is 1.61. The molecular weight excluding hydrogens is 218 g/mol. The summed E-state index contributed by atoms with van der Waals surface area (Å²) in [6.07, 6.45) is 1.22. The quantitative estimate of drug-likeness (QED) is 0.788. The van der Waals surface area contributed by atoms with Gasteiger partial charge in [-0.05, 0) is 23.8 Å². The first-order chi connectivity index (χ1) is 8.36. The van der Waals surface area contributed by atoms with Crippen molar-refractivity contribution in [2.75, 3.05) is 0 Å². The predicted molar refractivity (Wildman–Crippen MR) is 80.7 cm³/mol. The maximum Gasteiger partial charge on any atom is 0.0371 e. The highest BCUT2D eigenvalue weighted by Gasteiger charge is 2.28. The van der Waals surface area contributed by atoms with E-state index in [0.717, 1.165) is 0 Å². The molecule has 0 saturated heterocycles. The first-order valence-corrected chi connectivity index (χ1v) is 7.17. The zero-order valence-corrected chi connectivity index (χ0v) is 12.8. The third-order valence-electron chi connectivity index (χ3n) is 3.93. The van der Waals surface area contributed by atoms with Gasteiger partial charge in [0.15, 0.2) is 0 Å². The van der Waals surface area contributed by atoms with Gasteiger partial charge in [0.2, 0.25) is 0 Å². The van der Waals surface area contributed by atoms with Gasteiger partial charge >= 0.3 is 0 Å². The fraction of sp³-hybridized carbons (Fsp3) is 0.647. The first-order valence-electron chi connectivity index (χ1n) is 7.17. The van der Waals surface area contributed by atoms with E-state index in [1.165, 1.54) is 12.0 Å². The van der Waals surface area contributed by atoms with Crippen molar-refractivity contribution in [3.63, 3.8) is 0 Å². The largest absolute Gasteiger partial charge is 0.307 e. The van der Waals surface area contributed by atoms with Gasteiger partial charge in [-0.15, -0.1) is 0 Å². The summed E-state index contributed by atoms with van der Waals surface area (Å²) in [5.74, 6) is 0.707. The van der Waals surface area contributed by atoms with Crippen LogP contribution in [0.25, 0.3) is 0 Å². The molecule has 0 aromatic heterocycles. The van der Waals surface area contributed by atoms with E-state index in [-0.39, 0.29) is 5.41 Å². The minimum Gasteiger partial charge on any atom is -0.307 e. The van der Waals surface area contributed by atoms with Crippen LogP contribution in [0.1, 0.15) is 59.6 Å². The first kappa shape index (κ1) is 15.2. The smallest absolute Gasteiger partial charge is 0.0371 e. The zero-order valence-electron chi connectivity index (χ0n) is 12.8. The molecule has 102 valence electrons. The summed E-state index contributed by atoms with van der Waals surface area (Å²) in [6, 6.07) is 11.7. The van der Waals surface area contributed by atoms with Crippen molar-refractivity contribution in [1.82, 2.24) is 5.32 Å². The second kappa shape index (κ2) is 6.38. The summed E-state index contributed by atoms with van der Waals surface area (Å²) in [7, 11) is 0. The standard InChI is InChI=1S/C17H29N/c1-7-13(2)14(3)18-16(17(4,5)6)15-11-9-8-10-12-15/h8-14,16,18H,7H2,1-6H3. The van der Waals surface area contributed by atoms with E-state index >= 15 is 0 Å². The Morgan fingerprint density at radius 2 is 1.61 bits per heavy atom. The van der Waals surface area contributed by atoms with Crippen molar-refractivity contribution < 1.29 is 0 Å². The summed E-state index contributed by atoms with van der Waals surface area (Å²) in [6.45, 7) is 13.8. The number of hydrogen-bond donors (Lipinski definition) is 1. The molecule has 0 aliphatic heterocycles. The van der Waals surface area contributed by atoms with Crippen molar-refractivity contribution >= 4 is 0 Å². The number of hydrogen-bond acceptors (Lipinski definition) is 1. The Hall–Kier alpha value is -0.820. The van der Waals surface area contributed by atoms with E-state index in [1.807, 2.05) is 0 Å². The van der Waals surface area contributed by atoms with Crippen LogP contribution in [0.2, 0.25) is 0 Å². The summed E-state index contributed by atoms with van der Waals surface area (Å²) >= 11 is 0. The van der Waals surface area contributed by atoms with Crippen LogP contribution in [0.15, 0.2) is 30.3 Å². The molecule has 18 heavy (non-hydrogen) atoms. The Morgan fingerprint density at radius 1 is 1.06 bits per heavy atom. The van der Waals surface area contributed by atoms with Gasteiger partial charge in [-0.3, -0.25) is 0 Å². The molecule has 1 N–H and O–H groups in total. The molecule has 0 bridgehead atoms. The molecule has 0 spiro atoms. The summed E-state index contributed by atoms with van der Waals surface area (Å²) in [5, 5.41) is 3.82. The fourth-order valence-corrected chi connectivity index (χ4v) is 2.27. The van der Waals surface area contributed by atoms with Crippen LogP contribution < -0.4 is 5.32 Å². The Kier molecular flexibility index (Phi) is 5.40. The molecule has 1 rings (SSSR count). The van der Waals surface area contributed by atoms with Gasteiger partial charge in [-0.25, -0.2) is 0 Å². The van der Waals surface area contributed by atoms with Gasteiger partial charge in [0, 0.05) is 12.1 Å². The van der Waals surface area contributed by atoms with E-state index < -0.39 is 0 Å². The van der Waals surface area contributed by atoms with E-state index in [2.05, 4.69) is 77.2 Å². The summed E-state index contributed by atoms with van der Waals surface area (Å²) < 4.78 is 0. The topological polar surface area (TPSA) is 12.0 Å². The van der Waals surface area contributed by atoms with Crippen LogP contribution in [0, 0.1) is 11.3 Å². The van der Waals surface area contributed by atoms with Gasteiger partial charge < -0.3 is 5.32 Å². The van der Waals surface area contributed by atoms with E-state index in [4.69, 9.17) is 0 Å². The molecule has 0 amide bonds. The lowest BCUT2D eigenvalue weighted by atomic mass is 9.81. The lowest BCUT2D eigenvalue weighted by Gasteiger charge is -2.36. The molecular formula is C17H29N. The Labute approximate surface area is 113 Å². The molecule has 0 saturated carbocycles. The molecule has 0 heterocycles. The number of benzene rings is 1. The van der Waals surface area contributed by atoms with Gasteiger partial charge in [-0.1, -0.05) is 71.4 Å². The molecule has 0 aliphatic carbocycles. The van der Waals surface area contributed by atoms with Crippen molar-refractivity contribution in [2.45, 2.75) is 60.0 Å². The fourth-order valence-electron chi connectivity index (χ4n) is 2.27. The molecule has 1 heteroatoms. The maximum atomic E-state index is 3.82. The van der Waals surface area contributed by atoms with Crippen molar-refractivity contribution in [3.05, 3.63) is 35.9 Å². The molecule has 3 unspecified atom stereocenters. The molecule has 0 aliphatic rings. The van der Waals surface area contributed by atoms with Crippen LogP contribution in [0.5, 0.6) is 0 Å². The highest BCUT2D eigenvalue weighted by Crippen LogP contribution is 2.33. The third kappa shape index (κ3) is 4.13. The minimum absolute atomic E-state index is 0.225. The maximum absolute atomic E-state index is 3.82. The van der Waals surface area contributed by atoms with E-state index in [1.54, 1.807) is 0 Å². The van der Waals surface area contributed by atoms with Gasteiger partial charge in [0.1, 0.15) is 0 Å². The van der Waals surface area contributed by atoms with Crippen molar-refractivity contribution in [2.24, 2.45) is 11.3 Å². The van der Waals surface area contributed by atoms with E-state index in [9.17, 15) is 0 Å².